The van der Waals surface area contributed by atoms with Crippen molar-refractivity contribution in [1.29, 1.82) is 0 Å². The Balaban J connectivity index is 1.43. The van der Waals surface area contributed by atoms with Crippen molar-refractivity contribution >= 4 is 5.91 Å². The van der Waals surface area contributed by atoms with Crippen LogP contribution in [0.1, 0.15) is 103 Å². The summed E-state index contributed by atoms with van der Waals surface area (Å²) >= 11 is 0. The third-order valence-corrected chi connectivity index (χ3v) is 9.69. The second kappa shape index (κ2) is 8.96. The van der Waals surface area contributed by atoms with Crippen molar-refractivity contribution in [2.24, 2.45) is 23.5 Å². The topological polar surface area (TPSA) is 64.3 Å². The van der Waals surface area contributed by atoms with Gasteiger partial charge in [0.15, 0.2) is 0 Å². The smallest absolute Gasteiger partial charge is 0.248 e. The lowest BCUT2D eigenvalue weighted by atomic mass is 9.47. The Bertz CT molecular complexity index is 1090. The predicted octanol–water partition coefficient (Wildman–Crippen LogP) is 6.06. The molecule has 0 aromatic heterocycles. The molecule has 2 aromatic rings. The van der Waals surface area contributed by atoms with Crippen LogP contribution >= 0.6 is 0 Å². The van der Waals surface area contributed by atoms with Gasteiger partial charge in [0.05, 0.1) is 13.2 Å². The highest BCUT2D eigenvalue weighted by Crippen LogP contribution is 2.61. The number of rotatable bonds is 7. The number of unbranched alkanes of at least 4 members (excludes halogenated alkanes) is 1. The van der Waals surface area contributed by atoms with E-state index < -0.39 is 0 Å². The molecule has 4 nitrogen and oxygen atoms in total. The summed E-state index contributed by atoms with van der Waals surface area (Å²) in [5.41, 5.74) is 12.1. The molecule has 4 heteroatoms. The fourth-order valence-corrected chi connectivity index (χ4v) is 8.56. The minimum absolute atomic E-state index is 0.126. The molecule has 1 amide bonds. The van der Waals surface area contributed by atoms with Crippen LogP contribution in [0, 0.1) is 17.8 Å². The Morgan fingerprint density at radius 1 is 1.06 bits per heavy atom. The Labute approximate surface area is 210 Å². The Morgan fingerprint density at radius 3 is 2.40 bits per heavy atom. The van der Waals surface area contributed by atoms with E-state index in [1.807, 2.05) is 6.07 Å². The van der Waals surface area contributed by atoms with Gasteiger partial charge in [-0.3, -0.25) is 4.79 Å². The first-order valence-electron chi connectivity index (χ1n) is 13.8. The molecule has 35 heavy (non-hydrogen) atoms. The summed E-state index contributed by atoms with van der Waals surface area (Å²) in [5, 5.41) is 3.99. The normalized spacial score (nSPS) is 32.9. The molecule has 4 bridgehead atoms. The van der Waals surface area contributed by atoms with Crippen molar-refractivity contribution in [2.45, 2.75) is 88.6 Å². The molecule has 186 valence electrons. The highest BCUT2D eigenvalue weighted by atomic mass is 16.5. The second-order valence-electron chi connectivity index (χ2n) is 12.1. The number of benzene rings is 2. The third-order valence-electron chi connectivity index (χ3n) is 9.69. The number of carbonyl (C=O) groups is 1. The number of primary amides is 1. The van der Waals surface area contributed by atoms with Gasteiger partial charge in [-0.15, -0.1) is 0 Å². The molecular weight excluding hydrogens is 432 g/mol. The monoisotopic (exact) mass is 472 g/mol. The van der Waals surface area contributed by atoms with Crippen LogP contribution in [0.5, 0.6) is 5.75 Å². The molecule has 1 aliphatic heterocycles. The van der Waals surface area contributed by atoms with E-state index in [2.05, 4.69) is 42.6 Å². The van der Waals surface area contributed by atoms with Crippen molar-refractivity contribution in [3.63, 3.8) is 0 Å². The highest BCUT2D eigenvalue weighted by molar-refractivity contribution is 5.95. The van der Waals surface area contributed by atoms with Crippen LogP contribution < -0.4 is 15.8 Å². The van der Waals surface area contributed by atoms with Gasteiger partial charge < -0.3 is 15.8 Å². The SMILES string of the molecule is CCCC[C@H]1Cc2cc(OC)ccc2[C@H](c2ccc(C(N)=O)c(C34CC5CC(CC(C5)C3)C4)c2)N1. The number of ether oxygens (including phenoxy) is 1. The second-order valence-corrected chi connectivity index (χ2v) is 12.1. The van der Waals surface area contributed by atoms with Gasteiger partial charge in [0.1, 0.15) is 5.75 Å². The summed E-state index contributed by atoms with van der Waals surface area (Å²) in [6.07, 6.45) is 12.5. The lowest BCUT2D eigenvalue weighted by molar-refractivity contribution is -0.00556. The van der Waals surface area contributed by atoms with Crippen LogP contribution in [0.15, 0.2) is 36.4 Å². The molecule has 4 fully saturated rings. The number of methoxy groups -OCH3 is 1. The molecule has 4 saturated carbocycles. The number of nitrogens with one attached hydrogen (secondary N) is 1. The summed E-state index contributed by atoms with van der Waals surface area (Å²) in [7, 11) is 1.75. The minimum atomic E-state index is -0.273. The van der Waals surface area contributed by atoms with E-state index >= 15 is 0 Å². The van der Waals surface area contributed by atoms with Gasteiger partial charge in [-0.1, -0.05) is 38.0 Å². The summed E-state index contributed by atoms with van der Waals surface area (Å²) in [4.78, 5) is 12.6. The molecule has 2 atom stereocenters. The number of nitrogens with two attached hydrogens (primary N) is 1. The molecular formula is C31H40N2O2. The van der Waals surface area contributed by atoms with Crippen molar-refractivity contribution < 1.29 is 9.53 Å². The van der Waals surface area contributed by atoms with E-state index in [1.165, 1.54) is 80.0 Å². The average molecular weight is 473 g/mol. The van der Waals surface area contributed by atoms with Crippen LogP contribution in [-0.2, 0) is 11.8 Å². The van der Waals surface area contributed by atoms with Crippen LogP contribution in [-0.4, -0.2) is 19.1 Å². The number of fused-ring (bicyclic) bond motifs is 1. The fraction of sp³-hybridized carbons (Fsp3) is 0.581. The quantitative estimate of drug-likeness (QED) is 0.515. The molecule has 5 aliphatic rings. The van der Waals surface area contributed by atoms with Crippen molar-refractivity contribution in [3.8, 4) is 5.75 Å². The molecule has 7 rings (SSSR count). The van der Waals surface area contributed by atoms with Gasteiger partial charge in [0.2, 0.25) is 5.91 Å². The predicted molar refractivity (Wildman–Crippen MR) is 140 cm³/mol. The van der Waals surface area contributed by atoms with Crippen LogP contribution in [0.25, 0.3) is 0 Å². The third kappa shape index (κ3) is 4.08. The zero-order valence-corrected chi connectivity index (χ0v) is 21.3. The largest absolute Gasteiger partial charge is 0.497 e. The van der Waals surface area contributed by atoms with E-state index in [4.69, 9.17) is 10.5 Å². The van der Waals surface area contributed by atoms with Crippen molar-refractivity contribution in [2.75, 3.05) is 7.11 Å². The van der Waals surface area contributed by atoms with E-state index in [0.29, 0.717) is 6.04 Å². The molecule has 0 spiro atoms. The van der Waals surface area contributed by atoms with Crippen LogP contribution in [0.3, 0.4) is 0 Å². The van der Waals surface area contributed by atoms with Crippen LogP contribution in [0.4, 0.5) is 0 Å². The number of hydrogen-bond acceptors (Lipinski definition) is 3. The van der Waals surface area contributed by atoms with E-state index in [9.17, 15) is 4.79 Å². The maximum atomic E-state index is 12.6. The van der Waals surface area contributed by atoms with Gasteiger partial charge in [-0.05, 0) is 115 Å². The minimum Gasteiger partial charge on any atom is -0.497 e. The lowest BCUT2D eigenvalue weighted by Crippen LogP contribution is -2.49. The molecule has 0 saturated heterocycles. The molecule has 0 unspecified atom stereocenters. The van der Waals surface area contributed by atoms with Gasteiger partial charge in [-0.2, -0.15) is 0 Å². The maximum Gasteiger partial charge on any atom is 0.248 e. The first kappa shape index (κ1) is 23.1. The molecule has 3 N–H and O–H groups in total. The van der Waals surface area contributed by atoms with Gasteiger partial charge in [-0.25, -0.2) is 0 Å². The van der Waals surface area contributed by atoms with E-state index in [-0.39, 0.29) is 17.4 Å². The van der Waals surface area contributed by atoms with Crippen molar-refractivity contribution in [3.05, 3.63) is 64.2 Å². The average Bonchev–Trinajstić information content (AvgIpc) is 2.85. The highest BCUT2D eigenvalue weighted by Gasteiger charge is 2.52. The molecule has 2 aromatic carbocycles. The first-order chi connectivity index (χ1) is 17.0. The summed E-state index contributed by atoms with van der Waals surface area (Å²) in [6, 6.07) is 13.7. The Kier molecular flexibility index (Phi) is 5.91. The number of carbonyl (C=O) groups excluding carboxylic acids is 1. The zero-order chi connectivity index (χ0) is 24.2. The van der Waals surface area contributed by atoms with E-state index in [1.54, 1.807) is 7.11 Å². The Morgan fingerprint density at radius 2 is 1.77 bits per heavy atom. The van der Waals surface area contributed by atoms with Gasteiger partial charge >= 0.3 is 0 Å². The zero-order valence-electron chi connectivity index (χ0n) is 21.3. The maximum absolute atomic E-state index is 12.6. The first-order valence-corrected chi connectivity index (χ1v) is 13.8. The molecule has 1 heterocycles. The molecule has 0 radical (unpaired) electrons. The van der Waals surface area contributed by atoms with Crippen LogP contribution in [0.2, 0.25) is 0 Å². The lowest BCUT2D eigenvalue weighted by Gasteiger charge is -2.57. The van der Waals surface area contributed by atoms with Crippen molar-refractivity contribution in [1.82, 2.24) is 5.32 Å². The fourth-order valence-electron chi connectivity index (χ4n) is 8.56. The Hall–Kier alpha value is -2.33. The summed E-state index contributed by atoms with van der Waals surface area (Å²) in [6.45, 7) is 2.26. The van der Waals surface area contributed by atoms with Gasteiger partial charge in [0.25, 0.3) is 0 Å². The summed E-state index contributed by atoms with van der Waals surface area (Å²) < 4.78 is 5.56. The molecule has 4 aliphatic carbocycles. The number of hydrogen-bond donors (Lipinski definition) is 2. The standard InChI is InChI=1S/C31H40N2O2/c1-3-4-5-24-13-23-14-25(35-2)7-9-26(23)29(33-24)22-6-8-27(30(32)34)28(15-22)31-16-19-10-20(17-31)12-21(11-19)18-31/h6-9,14-15,19-21,24,29,33H,3-5,10-13,16-18H2,1-2H3,(H2,32,34)/t19?,20?,21?,24-,29-,31?/m0/s1. The number of amides is 1. The summed E-state index contributed by atoms with van der Waals surface area (Å²) in [5.74, 6) is 3.13. The van der Waals surface area contributed by atoms with E-state index in [0.717, 1.165) is 35.5 Å². The van der Waals surface area contributed by atoms with Gasteiger partial charge in [0, 0.05) is 11.6 Å².